The molecule has 29 heavy (non-hydrogen) atoms. The van der Waals surface area contributed by atoms with E-state index in [0.717, 1.165) is 12.1 Å². The Hall–Kier alpha value is -2.87. The number of carbonyl (C=O) groups is 2. The molecule has 4 N–H and O–H groups in total. The van der Waals surface area contributed by atoms with E-state index in [2.05, 4.69) is 47.1 Å². The maximum atomic E-state index is 12.5. The molecule has 2 heterocycles. The first kappa shape index (κ1) is 20.9. The van der Waals surface area contributed by atoms with Crippen molar-refractivity contribution < 1.29 is 9.59 Å². The Balaban J connectivity index is 1.85. The zero-order chi connectivity index (χ0) is 21.2. The minimum atomic E-state index is -0.538. The molecule has 8 nitrogen and oxygen atoms in total. The molecular formula is C21H30N6O2. The molecule has 3 atom stereocenters. The number of urea groups is 1. The lowest BCUT2D eigenvalue weighted by molar-refractivity contribution is -0.130. The number of hydrogen-bond acceptors (Lipinski definition) is 4. The molecule has 0 spiro atoms. The number of para-hydroxylation sites is 1. The van der Waals surface area contributed by atoms with Gasteiger partial charge < -0.3 is 10.6 Å². The number of amides is 3. The first-order chi connectivity index (χ1) is 13.7. The van der Waals surface area contributed by atoms with Gasteiger partial charge in [0, 0.05) is 23.2 Å². The lowest BCUT2D eigenvalue weighted by Crippen LogP contribution is -2.57. The van der Waals surface area contributed by atoms with Crippen LogP contribution in [0.15, 0.2) is 36.4 Å². The van der Waals surface area contributed by atoms with Crippen molar-refractivity contribution in [1.82, 2.24) is 20.4 Å². The molecule has 1 aromatic heterocycles. The Labute approximate surface area is 171 Å². The lowest BCUT2D eigenvalue weighted by Gasteiger charge is -2.35. The van der Waals surface area contributed by atoms with Crippen LogP contribution in [-0.2, 0) is 10.2 Å². The summed E-state index contributed by atoms with van der Waals surface area (Å²) in [5.41, 5.74) is 1.29. The number of nitrogens with one attached hydrogen (secondary N) is 4. The molecular weight excluding hydrogens is 368 g/mol. The minimum Gasteiger partial charge on any atom is -0.322 e. The third kappa shape index (κ3) is 4.76. The van der Waals surface area contributed by atoms with Crippen LogP contribution in [0.3, 0.4) is 0 Å². The molecule has 156 valence electrons. The Morgan fingerprint density at radius 3 is 2.48 bits per heavy atom. The monoisotopic (exact) mass is 398 g/mol. The number of anilines is 2. The van der Waals surface area contributed by atoms with Crippen LogP contribution in [0.25, 0.3) is 0 Å². The summed E-state index contributed by atoms with van der Waals surface area (Å²) in [7, 11) is 0. The van der Waals surface area contributed by atoms with E-state index in [1.807, 2.05) is 50.2 Å². The van der Waals surface area contributed by atoms with Crippen molar-refractivity contribution in [2.75, 3.05) is 10.6 Å². The molecule has 0 aliphatic carbocycles. The van der Waals surface area contributed by atoms with Gasteiger partial charge in [-0.1, -0.05) is 45.9 Å². The summed E-state index contributed by atoms with van der Waals surface area (Å²) in [6.45, 7) is 10.1. The van der Waals surface area contributed by atoms with Crippen LogP contribution in [-0.4, -0.2) is 27.8 Å². The van der Waals surface area contributed by atoms with Gasteiger partial charge in [-0.3, -0.25) is 15.4 Å². The summed E-state index contributed by atoms with van der Waals surface area (Å²) >= 11 is 0. The molecule has 8 heteroatoms. The fraction of sp³-hybridized carbons (Fsp3) is 0.476. The quantitative estimate of drug-likeness (QED) is 0.634. The van der Waals surface area contributed by atoms with Gasteiger partial charge in [0.05, 0.1) is 11.6 Å². The molecule has 0 saturated carbocycles. The highest BCUT2D eigenvalue weighted by atomic mass is 16.2. The number of benzene rings is 1. The van der Waals surface area contributed by atoms with E-state index in [4.69, 9.17) is 0 Å². The van der Waals surface area contributed by atoms with Gasteiger partial charge in [-0.2, -0.15) is 5.10 Å². The first-order valence-corrected chi connectivity index (χ1v) is 9.98. The van der Waals surface area contributed by atoms with E-state index in [1.165, 1.54) is 0 Å². The van der Waals surface area contributed by atoms with E-state index < -0.39 is 6.29 Å². The van der Waals surface area contributed by atoms with Crippen molar-refractivity contribution >= 4 is 23.4 Å². The number of carbonyl (C=O) groups excluding carboxylic acids is 2. The van der Waals surface area contributed by atoms with Gasteiger partial charge in [0.1, 0.15) is 5.82 Å². The van der Waals surface area contributed by atoms with Gasteiger partial charge in [0.25, 0.3) is 0 Å². The molecule has 1 saturated heterocycles. The van der Waals surface area contributed by atoms with Crippen LogP contribution in [0.4, 0.5) is 16.3 Å². The average molecular weight is 399 g/mol. The fourth-order valence-corrected chi connectivity index (χ4v) is 3.40. The molecule has 0 bridgehead atoms. The predicted octanol–water partition coefficient (Wildman–Crippen LogP) is 3.41. The average Bonchev–Trinajstić information content (AvgIpc) is 3.06. The number of hydrogen-bond donors (Lipinski definition) is 4. The van der Waals surface area contributed by atoms with Crippen LogP contribution in [0.2, 0.25) is 0 Å². The Kier molecular flexibility index (Phi) is 5.93. The Bertz CT molecular complexity index is 871. The third-order valence-corrected chi connectivity index (χ3v) is 5.10. The zero-order valence-corrected chi connectivity index (χ0v) is 17.6. The van der Waals surface area contributed by atoms with Crippen molar-refractivity contribution in [3.63, 3.8) is 0 Å². The number of rotatable bonds is 4. The number of aromatic nitrogens is 2. The van der Waals surface area contributed by atoms with E-state index in [-0.39, 0.29) is 29.3 Å². The standard InChI is InChI=1S/C21H30N6O2/c1-6-15-13(2)22-19(25-18(15)28)27-17(12-16(26-27)21(3,4)5)24-20(29)23-14-10-8-7-9-11-14/h7-13,15,19,22H,6H2,1-5H3,(H,25,28)(H2,23,24,29). The highest BCUT2D eigenvalue weighted by molar-refractivity contribution is 5.99. The second-order valence-corrected chi connectivity index (χ2v) is 8.44. The topological polar surface area (TPSA) is 100 Å². The van der Waals surface area contributed by atoms with Crippen molar-refractivity contribution in [3.05, 3.63) is 42.1 Å². The maximum Gasteiger partial charge on any atom is 0.324 e. The van der Waals surface area contributed by atoms with Crippen LogP contribution < -0.4 is 21.3 Å². The molecule has 3 amide bonds. The fourth-order valence-electron chi connectivity index (χ4n) is 3.40. The van der Waals surface area contributed by atoms with Gasteiger partial charge in [-0.25, -0.2) is 9.48 Å². The van der Waals surface area contributed by atoms with E-state index in [9.17, 15) is 9.59 Å². The van der Waals surface area contributed by atoms with Crippen LogP contribution in [0, 0.1) is 5.92 Å². The molecule has 0 radical (unpaired) electrons. The van der Waals surface area contributed by atoms with E-state index >= 15 is 0 Å². The van der Waals surface area contributed by atoms with E-state index in [1.54, 1.807) is 4.68 Å². The Morgan fingerprint density at radius 1 is 1.21 bits per heavy atom. The SMILES string of the molecule is CCC1C(=O)NC(n2nc(C(C)(C)C)cc2NC(=O)Nc2ccccc2)NC1C. The molecule has 2 aromatic rings. The minimum absolute atomic E-state index is 0.00738. The van der Waals surface area contributed by atoms with Crippen LogP contribution in [0.1, 0.15) is 53.0 Å². The summed E-state index contributed by atoms with van der Waals surface area (Å²) < 4.78 is 1.63. The van der Waals surface area contributed by atoms with Crippen molar-refractivity contribution in [2.45, 2.75) is 58.8 Å². The summed E-state index contributed by atoms with van der Waals surface area (Å²) in [5, 5.41) is 16.7. The smallest absolute Gasteiger partial charge is 0.322 e. The molecule has 1 aromatic carbocycles. The second kappa shape index (κ2) is 8.24. The maximum absolute atomic E-state index is 12.5. The van der Waals surface area contributed by atoms with Gasteiger partial charge in [-0.15, -0.1) is 0 Å². The van der Waals surface area contributed by atoms with E-state index in [0.29, 0.717) is 11.5 Å². The lowest BCUT2D eigenvalue weighted by atomic mass is 9.92. The summed E-state index contributed by atoms with van der Waals surface area (Å²) in [6.07, 6.45) is 0.215. The molecule has 3 unspecified atom stereocenters. The first-order valence-electron chi connectivity index (χ1n) is 9.98. The van der Waals surface area contributed by atoms with Crippen molar-refractivity contribution in [2.24, 2.45) is 5.92 Å². The van der Waals surface area contributed by atoms with Crippen LogP contribution >= 0.6 is 0 Å². The summed E-state index contributed by atoms with van der Waals surface area (Å²) in [4.78, 5) is 25.0. The molecule has 3 rings (SSSR count). The third-order valence-electron chi connectivity index (χ3n) is 5.10. The van der Waals surface area contributed by atoms with Crippen molar-refractivity contribution in [1.29, 1.82) is 0 Å². The second-order valence-electron chi connectivity index (χ2n) is 8.44. The molecule has 1 fully saturated rings. The van der Waals surface area contributed by atoms with Crippen LogP contribution in [0.5, 0.6) is 0 Å². The summed E-state index contributed by atoms with van der Waals surface area (Å²) in [5.74, 6) is 0.390. The number of nitrogens with zero attached hydrogens (tertiary/aromatic N) is 2. The predicted molar refractivity (Wildman–Crippen MR) is 114 cm³/mol. The largest absolute Gasteiger partial charge is 0.324 e. The summed E-state index contributed by atoms with van der Waals surface area (Å²) in [6, 6.07) is 10.7. The highest BCUT2D eigenvalue weighted by Crippen LogP contribution is 2.27. The van der Waals surface area contributed by atoms with Gasteiger partial charge in [0.15, 0.2) is 6.29 Å². The molecule has 1 aliphatic heterocycles. The van der Waals surface area contributed by atoms with Gasteiger partial charge in [-0.05, 0) is 25.5 Å². The molecule has 1 aliphatic rings. The van der Waals surface area contributed by atoms with Crippen molar-refractivity contribution in [3.8, 4) is 0 Å². The highest BCUT2D eigenvalue weighted by Gasteiger charge is 2.35. The Morgan fingerprint density at radius 2 is 1.90 bits per heavy atom. The van der Waals surface area contributed by atoms with Gasteiger partial charge >= 0.3 is 6.03 Å². The normalized spacial score (nSPS) is 22.1. The van der Waals surface area contributed by atoms with Gasteiger partial charge in [0.2, 0.25) is 5.91 Å². The zero-order valence-electron chi connectivity index (χ0n) is 17.6.